The van der Waals surface area contributed by atoms with Crippen LogP contribution in [0.25, 0.3) is 10.9 Å². The average molecular weight is 367 g/mol. The zero-order valence-electron chi connectivity index (χ0n) is 15.0. The molecule has 3 amide bonds. The number of H-pyrrole nitrogens is 1. The van der Waals surface area contributed by atoms with Gasteiger partial charge < -0.3 is 19.8 Å². The number of hydrogen-bond acceptors (Lipinski definition) is 4. The second kappa shape index (κ2) is 8.75. The quantitative estimate of drug-likeness (QED) is 0.599. The summed E-state index contributed by atoms with van der Waals surface area (Å²) in [7, 11) is 1.52. The van der Waals surface area contributed by atoms with E-state index in [0.29, 0.717) is 24.5 Å². The molecule has 0 aliphatic carbocycles. The van der Waals surface area contributed by atoms with E-state index in [1.165, 1.54) is 7.11 Å². The van der Waals surface area contributed by atoms with Gasteiger partial charge in [-0.1, -0.05) is 30.3 Å². The zero-order chi connectivity index (χ0) is 19.1. The minimum absolute atomic E-state index is 0.282. The Morgan fingerprint density at radius 2 is 1.78 bits per heavy atom. The molecule has 1 heterocycles. The van der Waals surface area contributed by atoms with Gasteiger partial charge in [-0.2, -0.15) is 0 Å². The van der Waals surface area contributed by atoms with Gasteiger partial charge in [0.2, 0.25) is 0 Å². The predicted molar refractivity (Wildman–Crippen MR) is 102 cm³/mol. The third-order valence-corrected chi connectivity index (χ3v) is 4.04. The van der Waals surface area contributed by atoms with Gasteiger partial charge in [-0.05, 0) is 30.2 Å². The second-order valence-corrected chi connectivity index (χ2v) is 5.85. The first kappa shape index (κ1) is 18.3. The van der Waals surface area contributed by atoms with Crippen LogP contribution in [-0.2, 0) is 11.2 Å². The van der Waals surface area contributed by atoms with Gasteiger partial charge >= 0.3 is 6.03 Å². The van der Waals surface area contributed by atoms with Gasteiger partial charge in [0.1, 0.15) is 0 Å². The summed E-state index contributed by atoms with van der Waals surface area (Å²) in [5.41, 5.74) is 2.16. The molecule has 3 aromatic rings. The summed E-state index contributed by atoms with van der Waals surface area (Å²) in [5.74, 6) is 0.425. The maximum absolute atomic E-state index is 11.9. The molecule has 27 heavy (non-hydrogen) atoms. The second-order valence-electron chi connectivity index (χ2n) is 5.85. The summed E-state index contributed by atoms with van der Waals surface area (Å²) >= 11 is 0. The van der Waals surface area contributed by atoms with Crippen LogP contribution in [0.4, 0.5) is 4.79 Å². The maximum Gasteiger partial charge on any atom is 0.321 e. The highest BCUT2D eigenvalue weighted by atomic mass is 16.5. The number of aromatic nitrogens is 1. The van der Waals surface area contributed by atoms with Crippen LogP contribution >= 0.6 is 0 Å². The van der Waals surface area contributed by atoms with Gasteiger partial charge in [-0.25, -0.2) is 4.79 Å². The minimum atomic E-state index is -0.552. The smallest absolute Gasteiger partial charge is 0.321 e. The Hall–Kier alpha value is -3.48. The Balaban J connectivity index is 1.41. The molecule has 3 N–H and O–H groups in total. The highest BCUT2D eigenvalue weighted by Crippen LogP contribution is 2.25. The molecule has 0 aliphatic rings. The minimum Gasteiger partial charge on any atom is -0.493 e. The molecule has 0 spiro atoms. The lowest BCUT2D eigenvalue weighted by molar-refractivity contribution is -0.122. The molecule has 7 heteroatoms. The van der Waals surface area contributed by atoms with E-state index in [-0.39, 0.29) is 6.61 Å². The van der Waals surface area contributed by atoms with E-state index < -0.39 is 11.9 Å². The molecule has 0 aliphatic heterocycles. The summed E-state index contributed by atoms with van der Waals surface area (Å²) in [4.78, 5) is 26.9. The standard InChI is InChI=1S/C20H21N3O4/c1-26-17-8-4-5-9-18(17)27-13-19(24)23-20(25)21-11-10-14-12-22-16-7-3-2-6-15(14)16/h2-9,12,22H,10-11,13H2,1H3,(H2,21,23,24,25). The number of imide groups is 1. The van der Waals surface area contributed by atoms with Gasteiger partial charge in [-0.3, -0.25) is 10.1 Å². The lowest BCUT2D eigenvalue weighted by Crippen LogP contribution is -2.42. The number of rotatable bonds is 7. The lowest BCUT2D eigenvalue weighted by atomic mass is 10.1. The van der Waals surface area contributed by atoms with E-state index in [0.717, 1.165) is 16.5 Å². The molecule has 0 atom stereocenters. The van der Waals surface area contributed by atoms with Gasteiger partial charge in [0.15, 0.2) is 18.1 Å². The largest absolute Gasteiger partial charge is 0.493 e. The molecule has 0 saturated heterocycles. The number of hydrogen-bond donors (Lipinski definition) is 3. The van der Waals surface area contributed by atoms with E-state index in [2.05, 4.69) is 15.6 Å². The van der Waals surface area contributed by atoms with Gasteiger partial charge in [0.25, 0.3) is 5.91 Å². The first-order valence-electron chi connectivity index (χ1n) is 8.56. The van der Waals surface area contributed by atoms with Gasteiger partial charge in [0.05, 0.1) is 7.11 Å². The molecule has 7 nitrogen and oxygen atoms in total. The predicted octanol–water partition coefficient (Wildman–Crippen LogP) is 2.62. The van der Waals surface area contributed by atoms with Gasteiger partial charge in [0, 0.05) is 23.6 Å². The topological polar surface area (TPSA) is 92.4 Å². The fourth-order valence-electron chi connectivity index (χ4n) is 2.74. The summed E-state index contributed by atoms with van der Waals surface area (Å²) in [6.07, 6.45) is 2.58. The molecule has 140 valence electrons. The highest BCUT2D eigenvalue weighted by molar-refractivity contribution is 5.95. The first-order chi connectivity index (χ1) is 13.2. The van der Waals surface area contributed by atoms with Crippen LogP contribution in [0.5, 0.6) is 11.5 Å². The first-order valence-corrected chi connectivity index (χ1v) is 8.56. The van der Waals surface area contributed by atoms with Crippen molar-refractivity contribution in [1.82, 2.24) is 15.6 Å². The van der Waals surface area contributed by atoms with Crippen LogP contribution in [0, 0.1) is 0 Å². The van der Waals surface area contributed by atoms with Crippen molar-refractivity contribution in [2.24, 2.45) is 0 Å². The van der Waals surface area contributed by atoms with Crippen molar-refractivity contribution in [2.45, 2.75) is 6.42 Å². The van der Waals surface area contributed by atoms with Crippen LogP contribution in [0.3, 0.4) is 0 Å². The van der Waals surface area contributed by atoms with Crippen molar-refractivity contribution >= 4 is 22.8 Å². The number of aromatic amines is 1. The summed E-state index contributed by atoms with van der Waals surface area (Å²) < 4.78 is 10.5. The number of amides is 3. The molecule has 2 aromatic carbocycles. The third kappa shape index (κ3) is 4.78. The number of fused-ring (bicyclic) bond motifs is 1. The molecular weight excluding hydrogens is 346 g/mol. The third-order valence-electron chi connectivity index (χ3n) is 4.04. The summed E-state index contributed by atoms with van der Waals surface area (Å²) in [6.45, 7) is 0.130. The zero-order valence-corrected chi connectivity index (χ0v) is 15.0. The highest BCUT2D eigenvalue weighted by Gasteiger charge is 2.10. The Morgan fingerprint density at radius 3 is 2.59 bits per heavy atom. The van der Waals surface area contributed by atoms with Crippen molar-refractivity contribution in [3.8, 4) is 11.5 Å². The van der Waals surface area contributed by atoms with Crippen molar-refractivity contribution < 1.29 is 19.1 Å². The van der Waals surface area contributed by atoms with E-state index in [1.807, 2.05) is 30.5 Å². The molecule has 0 fully saturated rings. The normalized spacial score (nSPS) is 10.4. The van der Waals surface area contributed by atoms with E-state index in [4.69, 9.17) is 9.47 Å². The molecule has 0 bridgehead atoms. The molecule has 0 radical (unpaired) electrons. The number of carbonyl (C=O) groups is 2. The number of methoxy groups -OCH3 is 1. The lowest BCUT2D eigenvalue weighted by Gasteiger charge is -2.10. The maximum atomic E-state index is 11.9. The van der Waals surface area contributed by atoms with Crippen molar-refractivity contribution in [3.63, 3.8) is 0 Å². The molecule has 0 unspecified atom stereocenters. The number of para-hydroxylation sites is 3. The fourth-order valence-corrected chi connectivity index (χ4v) is 2.74. The summed E-state index contributed by atoms with van der Waals surface area (Å²) in [5, 5.41) is 6.04. The Bertz CT molecular complexity index is 936. The van der Waals surface area contributed by atoms with E-state index in [1.54, 1.807) is 24.3 Å². The Morgan fingerprint density at radius 1 is 1.04 bits per heavy atom. The number of ether oxygens (including phenoxy) is 2. The van der Waals surface area contributed by atoms with Gasteiger partial charge in [-0.15, -0.1) is 0 Å². The summed E-state index contributed by atoms with van der Waals surface area (Å²) in [6, 6.07) is 14.4. The Labute approximate surface area is 156 Å². The number of benzene rings is 2. The number of carbonyl (C=O) groups excluding carboxylic acids is 2. The van der Waals surface area contributed by atoms with Crippen molar-refractivity contribution in [2.75, 3.05) is 20.3 Å². The Kier molecular flexibility index (Phi) is 5.94. The van der Waals surface area contributed by atoms with Crippen molar-refractivity contribution in [1.29, 1.82) is 0 Å². The molecule has 0 saturated carbocycles. The molecule has 3 rings (SSSR count). The SMILES string of the molecule is COc1ccccc1OCC(=O)NC(=O)NCCc1c[nH]c2ccccc12. The van der Waals surface area contributed by atoms with Crippen molar-refractivity contribution in [3.05, 3.63) is 60.3 Å². The average Bonchev–Trinajstić information content (AvgIpc) is 3.10. The van der Waals surface area contributed by atoms with E-state index in [9.17, 15) is 9.59 Å². The van der Waals surface area contributed by atoms with Crippen LogP contribution in [0.15, 0.2) is 54.7 Å². The van der Waals surface area contributed by atoms with Crippen LogP contribution in [-0.4, -0.2) is 37.2 Å². The van der Waals surface area contributed by atoms with E-state index >= 15 is 0 Å². The van der Waals surface area contributed by atoms with Crippen LogP contribution in [0.2, 0.25) is 0 Å². The van der Waals surface area contributed by atoms with Crippen LogP contribution in [0.1, 0.15) is 5.56 Å². The van der Waals surface area contributed by atoms with Crippen LogP contribution < -0.4 is 20.1 Å². The molecular formula is C20H21N3O4. The fraction of sp³-hybridized carbons (Fsp3) is 0.200. The molecule has 1 aromatic heterocycles. The number of urea groups is 1. The monoisotopic (exact) mass is 367 g/mol. The number of nitrogens with one attached hydrogen (secondary N) is 3.